The monoisotopic (exact) mass is 285 g/mol. The minimum Gasteiger partial charge on any atom is -0.378 e. The van der Waals surface area contributed by atoms with Crippen LogP contribution in [0.25, 0.3) is 0 Å². The van der Waals surface area contributed by atoms with E-state index in [4.69, 9.17) is 4.74 Å². The maximum atomic E-state index is 12.0. The molecular formula is C12H19N3O3S. The van der Waals surface area contributed by atoms with Crippen LogP contribution < -0.4 is 10.0 Å². The van der Waals surface area contributed by atoms with Crippen LogP contribution in [-0.2, 0) is 21.2 Å². The van der Waals surface area contributed by atoms with Gasteiger partial charge in [0.15, 0.2) is 0 Å². The molecule has 1 aliphatic heterocycles. The molecule has 1 aromatic rings. The summed E-state index contributed by atoms with van der Waals surface area (Å²) < 4.78 is 31.9. The first-order chi connectivity index (χ1) is 9.11. The van der Waals surface area contributed by atoms with Gasteiger partial charge in [-0.15, -0.1) is 0 Å². The Balaban J connectivity index is 1.88. The molecule has 1 fully saturated rings. The van der Waals surface area contributed by atoms with Crippen molar-refractivity contribution in [3.63, 3.8) is 0 Å². The third-order valence-corrected chi connectivity index (χ3v) is 4.55. The normalized spacial score (nSPS) is 23.6. The third-order valence-electron chi connectivity index (χ3n) is 3.15. The second-order valence-electron chi connectivity index (χ2n) is 4.55. The molecule has 2 N–H and O–H groups in total. The predicted molar refractivity (Wildman–Crippen MR) is 72.3 cm³/mol. The van der Waals surface area contributed by atoms with Crippen molar-refractivity contribution >= 4 is 10.0 Å². The third kappa shape index (κ3) is 4.24. The van der Waals surface area contributed by atoms with Gasteiger partial charge in [-0.25, -0.2) is 13.1 Å². The lowest BCUT2D eigenvalue weighted by Crippen LogP contribution is -2.44. The number of hydrogen-bond donors (Lipinski definition) is 2. The molecule has 1 unspecified atom stereocenters. The summed E-state index contributed by atoms with van der Waals surface area (Å²) in [7, 11) is -1.73. The molecule has 0 spiro atoms. The summed E-state index contributed by atoms with van der Waals surface area (Å²) in [6, 6.07) is 5.29. The van der Waals surface area contributed by atoms with E-state index in [-0.39, 0.29) is 17.9 Å². The second kappa shape index (κ2) is 6.42. The summed E-state index contributed by atoms with van der Waals surface area (Å²) in [5.41, 5.74) is 0.778. The number of sulfonamides is 1. The standard InChI is InChI=1S/C12H19N3O3S/c1-18-12-9-13-8-11(12)15-19(16,17)7-5-10-4-2-3-6-14-10/h2-4,6,11-13,15H,5,7-9H2,1H3/t11?,12-/m0/s1. The zero-order chi connectivity index (χ0) is 13.7. The first kappa shape index (κ1) is 14.4. The van der Waals surface area contributed by atoms with Gasteiger partial charge in [0, 0.05) is 38.5 Å². The number of aromatic nitrogens is 1. The largest absolute Gasteiger partial charge is 0.378 e. The average molecular weight is 285 g/mol. The first-order valence-electron chi connectivity index (χ1n) is 6.24. The van der Waals surface area contributed by atoms with Crippen LogP contribution in [0.2, 0.25) is 0 Å². The van der Waals surface area contributed by atoms with Crippen LogP contribution in [0.1, 0.15) is 5.69 Å². The Labute approximate surface area is 113 Å². The van der Waals surface area contributed by atoms with Crippen molar-refractivity contribution in [2.24, 2.45) is 0 Å². The van der Waals surface area contributed by atoms with Crippen LogP contribution >= 0.6 is 0 Å². The number of methoxy groups -OCH3 is 1. The molecule has 2 rings (SSSR count). The van der Waals surface area contributed by atoms with E-state index in [2.05, 4.69) is 15.0 Å². The average Bonchev–Trinajstić information content (AvgIpc) is 2.84. The molecule has 7 heteroatoms. The lowest BCUT2D eigenvalue weighted by molar-refractivity contribution is 0.103. The Morgan fingerprint density at radius 2 is 2.32 bits per heavy atom. The van der Waals surface area contributed by atoms with E-state index >= 15 is 0 Å². The number of ether oxygens (including phenoxy) is 1. The molecule has 1 aliphatic rings. The van der Waals surface area contributed by atoms with Gasteiger partial charge in [0.2, 0.25) is 10.0 Å². The van der Waals surface area contributed by atoms with Gasteiger partial charge in [-0.05, 0) is 12.1 Å². The molecule has 1 saturated heterocycles. The molecule has 0 aromatic carbocycles. The minimum atomic E-state index is -3.32. The quantitative estimate of drug-likeness (QED) is 0.738. The topological polar surface area (TPSA) is 80.3 Å². The van der Waals surface area contributed by atoms with Crippen LogP contribution in [0.3, 0.4) is 0 Å². The Kier molecular flexibility index (Phi) is 4.87. The van der Waals surface area contributed by atoms with E-state index in [0.717, 1.165) is 5.69 Å². The van der Waals surface area contributed by atoms with Crippen molar-refractivity contribution in [1.29, 1.82) is 0 Å². The number of nitrogens with zero attached hydrogens (tertiary/aromatic N) is 1. The molecular weight excluding hydrogens is 266 g/mol. The summed E-state index contributed by atoms with van der Waals surface area (Å²) in [6.07, 6.45) is 1.97. The number of aryl methyl sites for hydroxylation is 1. The van der Waals surface area contributed by atoms with E-state index in [1.165, 1.54) is 0 Å². The van der Waals surface area contributed by atoms with Crippen LogP contribution in [0, 0.1) is 0 Å². The number of rotatable bonds is 6. The van der Waals surface area contributed by atoms with Gasteiger partial charge in [-0.1, -0.05) is 6.07 Å². The van der Waals surface area contributed by atoms with E-state index in [1.807, 2.05) is 18.2 Å². The zero-order valence-corrected chi connectivity index (χ0v) is 11.7. The maximum Gasteiger partial charge on any atom is 0.212 e. The first-order valence-corrected chi connectivity index (χ1v) is 7.89. The van der Waals surface area contributed by atoms with Crippen LogP contribution in [0.5, 0.6) is 0 Å². The van der Waals surface area contributed by atoms with Crippen molar-refractivity contribution < 1.29 is 13.2 Å². The Morgan fingerprint density at radius 1 is 1.47 bits per heavy atom. The van der Waals surface area contributed by atoms with Crippen molar-refractivity contribution in [2.75, 3.05) is 26.0 Å². The highest BCUT2D eigenvalue weighted by molar-refractivity contribution is 7.89. The zero-order valence-electron chi connectivity index (χ0n) is 10.9. The molecule has 2 heterocycles. The van der Waals surface area contributed by atoms with Gasteiger partial charge in [-0.2, -0.15) is 0 Å². The molecule has 0 bridgehead atoms. The molecule has 6 nitrogen and oxygen atoms in total. The van der Waals surface area contributed by atoms with Gasteiger partial charge < -0.3 is 10.1 Å². The molecule has 0 aliphatic carbocycles. The highest BCUT2D eigenvalue weighted by Crippen LogP contribution is 2.06. The van der Waals surface area contributed by atoms with E-state index < -0.39 is 10.0 Å². The van der Waals surface area contributed by atoms with Crippen LogP contribution in [0.15, 0.2) is 24.4 Å². The molecule has 0 saturated carbocycles. The smallest absolute Gasteiger partial charge is 0.212 e. The van der Waals surface area contributed by atoms with E-state index in [1.54, 1.807) is 13.3 Å². The summed E-state index contributed by atoms with van der Waals surface area (Å²) in [5.74, 6) is 0.0386. The fraction of sp³-hybridized carbons (Fsp3) is 0.583. The molecule has 0 amide bonds. The van der Waals surface area contributed by atoms with Crippen molar-refractivity contribution in [3.05, 3.63) is 30.1 Å². The lowest BCUT2D eigenvalue weighted by atomic mass is 10.2. The summed E-state index contributed by atoms with van der Waals surface area (Å²) in [6.45, 7) is 1.27. The Morgan fingerprint density at radius 3 is 3.00 bits per heavy atom. The Bertz CT molecular complexity index is 492. The summed E-state index contributed by atoms with van der Waals surface area (Å²) in [4.78, 5) is 4.12. The molecule has 2 atom stereocenters. The molecule has 0 radical (unpaired) electrons. The fourth-order valence-corrected chi connectivity index (χ4v) is 3.39. The van der Waals surface area contributed by atoms with Crippen LogP contribution in [-0.4, -0.2) is 51.5 Å². The van der Waals surface area contributed by atoms with Gasteiger partial charge >= 0.3 is 0 Å². The van der Waals surface area contributed by atoms with Gasteiger partial charge in [0.25, 0.3) is 0 Å². The molecule has 106 valence electrons. The van der Waals surface area contributed by atoms with Crippen molar-refractivity contribution in [3.8, 4) is 0 Å². The summed E-state index contributed by atoms with van der Waals surface area (Å²) in [5, 5.41) is 3.11. The van der Waals surface area contributed by atoms with E-state index in [9.17, 15) is 8.42 Å². The van der Waals surface area contributed by atoms with Crippen LogP contribution in [0.4, 0.5) is 0 Å². The van der Waals surface area contributed by atoms with Crippen molar-refractivity contribution in [2.45, 2.75) is 18.6 Å². The SMILES string of the molecule is CO[C@H]1CNCC1NS(=O)(=O)CCc1ccccn1. The second-order valence-corrected chi connectivity index (χ2v) is 6.42. The van der Waals surface area contributed by atoms with Gasteiger partial charge in [-0.3, -0.25) is 4.98 Å². The molecule has 1 aromatic heterocycles. The summed E-state index contributed by atoms with van der Waals surface area (Å²) >= 11 is 0. The highest BCUT2D eigenvalue weighted by atomic mass is 32.2. The maximum absolute atomic E-state index is 12.0. The number of nitrogens with one attached hydrogen (secondary N) is 2. The van der Waals surface area contributed by atoms with Crippen molar-refractivity contribution in [1.82, 2.24) is 15.0 Å². The predicted octanol–water partition coefficient (Wildman–Crippen LogP) is -0.470. The fourth-order valence-electron chi connectivity index (χ4n) is 2.09. The van der Waals surface area contributed by atoms with Gasteiger partial charge in [0.05, 0.1) is 17.9 Å². The minimum absolute atomic E-state index is 0.0386. The number of hydrogen-bond acceptors (Lipinski definition) is 5. The number of pyridine rings is 1. The lowest BCUT2D eigenvalue weighted by Gasteiger charge is -2.18. The Hall–Kier alpha value is -1.02. The van der Waals surface area contributed by atoms with Gasteiger partial charge in [0.1, 0.15) is 0 Å². The van der Waals surface area contributed by atoms with E-state index in [0.29, 0.717) is 19.5 Å². The highest BCUT2D eigenvalue weighted by Gasteiger charge is 2.30. The molecule has 19 heavy (non-hydrogen) atoms.